The summed E-state index contributed by atoms with van der Waals surface area (Å²) < 4.78 is 18.7. The van der Waals surface area contributed by atoms with Gasteiger partial charge in [-0.15, -0.1) is 0 Å². The van der Waals surface area contributed by atoms with Gasteiger partial charge in [0.2, 0.25) is 5.91 Å². The smallest absolute Gasteiger partial charge is 0.330 e. The number of nitrogens with zero attached hydrogens (tertiary/aromatic N) is 3. The van der Waals surface area contributed by atoms with Gasteiger partial charge in [0.25, 0.3) is 11.5 Å². The van der Waals surface area contributed by atoms with Gasteiger partial charge in [-0.2, -0.15) is 0 Å². The fourth-order valence-corrected chi connectivity index (χ4v) is 7.73. The lowest BCUT2D eigenvalue weighted by Gasteiger charge is -2.38. The second-order valence-corrected chi connectivity index (χ2v) is 15.4. The third-order valence-corrected chi connectivity index (χ3v) is 11.2. The van der Waals surface area contributed by atoms with Crippen LogP contribution in [0.2, 0.25) is 0 Å². The van der Waals surface area contributed by atoms with Gasteiger partial charge in [0, 0.05) is 38.9 Å². The minimum absolute atomic E-state index is 0.0681. The molecule has 17 nitrogen and oxygen atoms in total. The topological polar surface area (TPSA) is 242 Å². The maximum absolute atomic E-state index is 14.3. The van der Waals surface area contributed by atoms with E-state index in [1.165, 1.54) is 82.6 Å². The van der Waals surface area contributed by atoms with E-state index < -0.39 is 84.4 Å². The number of unbranched alkanes of at least 4 members (excludes halogenated alkanes) is 14. The maximum Gasteiger partial charge on any atom is 0.330 e. The molecule has 17 heteroatoms. The Kier molecular flexibility index (Phi) is 18.6. The number of carbonyl (C=O) groups is 2. The summed E-state index contributed by atoms with van der Waals surface area (Å²) in [5.41, 5.74) is 4.20. The van der Waals surface area contributed by atoms with E-state index in [0.29, 0.717) is 6.54 Å². The summed E-state index contributed by atoms with van der Waals surface area (Å²) in [6, 6.07) is -0.266. The number of likely N-dealkylation sites (N-methyl/N-ethyl adjacent to an activating group) is 2. The van der Waals surface area contributed by atoms with Crippen molar-refractivity contribution in [3.63, 3.8) is 0 Å². The van der Waals surface area contributed by atoms with E-state index in [1.807, 2.05) is 0 Å². The van der Waals surface area contributed by atoms with E-state index in [9.17, 15) is 39.6 Å². The van der Waals surface area contributed by atoms with E-state index in [0.717, 1.165) is 42.5 Å². The van der Waals surface area contributed by atoms with Crippen molar-refractivity contribution in [2.24, 2.45) is 5.73 Å². The monoisotopic (exact) mass is 794 g/mol. The minimum atomic E-state index is -1.75. The van der Waals surface area contributed by atoms with Crippen molar-refractivity contribution in [1.82, 2.24) is 24.7 Å². The van der Waals surface area contributed by atoms with Gasteiger partial charge < -0.3 is 50.6 Å². The molecule has 0 radical (unpaired) electrons. The highest BCUT2D eigenvalue weighted by molar-refractivity contribution is 5.99. The van der Waals surface area contributed by atoms with Gasteiger partial charge in [-0.1, -0.05) is 96.8 Å². The van der Waals surface area contributed by atoms with Crippen molar-refractivity contribution in [1.29, 1.82) is 0 Å². The highest BCUT2D eigenvalue weighted by atomic mass is 16.7. The van der Waals surface area contributed by atoms with Crippen LogP contribution in [0.5, 0.6) is 0 Å². The highest BCUT2D eigenvalue weighted by Gasteiger charge is 2.55. The lowest BCUT2D eigenvalue weighted by atomic mass is 9.97. The molecule has 0 spiro atoms. The number of hydrogen-bond donors (Lipinski definition) is 7. The molecule has 8 N–H and O–H groups in total. The number of H-pyrrole nitrogens is 1. The summed E-state index contributed by atoms with van der Waals surface area (Å²) >= 11 is 0. The zero-order chi connectivity index (χ0) is 40.8. The zero-order valence-corrected chi connectivity index (χ0v) is 33.3. The van der Waals surface area contributed by atoms with Crippen molar-refractivity contribution in [2.45, 2.75) is 165 Å². The number of ether oxygens (including phenoxy) is 3. The van der Waals surface area contributed by atoms with Crippen LogP contribution in [0.15, 0.2) is 33.6 Å². The summed E-state index contributed by atoms with van der Waals surface area (Å²) in [5, 5.41) is 46.6. The molecule has 0 saturated carbocycles. The van der Waals surface area contributed by atoms with Crippen molar-refractivity contribution in [3.05, 3.63) is 44.9 Å². The first kappa shape index (κ1) is 45.7. The van der Waals surface area contributed by atoms with Crippen LogP contribution in [0.25, 0.3) is 0 Å². The molecule has 3 aliphatic heterocycles. The number of aromatic amines is 1. The van der Waals surface area contributed by atoms with Gasteiger partial charge >= 0.3 is 5.69 Å². The van der Waals surface area contributed by atoms with E-state index in [-0.39, 0.29) is 18.8 Å². The van der Waals surface area contributed by atoms with Gasteiger partial charge in [0.1, 0.15) is 54.5 Å². The third kappa shape index (κ3) is 12.0. The average Bonchev–Trinajstić information content (AvgIpc) is 3.58. The van der Waals surface area contributed by atoms with Gasteiger partial charge in [-0.05, 0) is 19.5 Å². The molecule has 0 aromatic carbocycles. The Morgan fingerprint density at radius 3 is 2.02 bits per heavy atom. The van der Waals surface area contributed by atoms with E-state index in [1.54, 1.807) is 18.0 Å². The lowest BCUT2D eigenvalue weighted by molar-refractivity contribution is -0.232. The molecule has 2 amide bonds. The van der Waals surface area contributed by atoms with Crippen LogP contribution < -0.4 is 22.3 Å². The molecular formula is C39H66N6O11. The van der Waals surface area contributed by atoms with Crippen LogP contribution in [0.4, 0.5) is 0 Å². The molecule has 0 aliphatic carbocycles. The van der Waals surface area contributed by atoms with Crippen molar-refractivity contribution in [2.75, 3.05) is 33.7 Å². The summed E-state index contributed by atoms with van der Waals surface area (Å²) in [5.74, 6) is -1.08. The quantitative estimate of drug-likeness (QED) is 0.0752. The molecule has 10 atom stereocenters. The van der Waals surface area contributed by atoms with Crippen LogP contribution in [0.1, 0.15) is 109 Å². The van der Waals surface area contributed by atoms with Crippen LogP contribution in [-0.2, 0) is 23.8 Å². The molecule has 1 aromatic heterocycles. The number of nitrogens with one attached hydrogen (secondary N) is 2. The fraction of sp³-hybridized carbons (Fsp3) is 0.795. The lowest BCUT2D eigenvalue weighted by Crippen LogP contribution is -2.59. The molecule has 1 aromatic rings. The summed E-state index contributed by atoms with van der Waals surface area (Å²) in [4.78, 5) is 56.8. The van der Waals surface area contributed by atoms with Crippen LogP contribution in [-0.4, -0.2) is 140 Å². The number of aliphatic hydroxyl groups is 4. The van der Waals surface area contributed by atoms with Crippen molar-refractivity contribution >= 4 is 11.8 Å². The number of aromatic nitrogens is 2. The summed E-state index contributed by atoms with van der Waals surface area (Å²) in [6.45, 7) is 2.59. The second-order valence-electron chi connectivity index (χ2n) is 15.4. The standard InChI is InChI=1S/C39H66N6O11/c1-4-5-6-7-8-9-10-11-12-13-14-15-16-17-18-21-41-35(51)25-19-22-43(2)28(36(52)44(25)3)33(56-38-32(50)29(47)26(24-40)54-38)34-30(48)31(49)37(55-34)45-23-20-27(46)42-39(45)53/h19-20,23,26,28-34,37-38,47-50H,4-18,21-22,24,40H2,1-3H3,(H,41,51)(H,42,46,53)/t26?,28-,29?,30?,31?,32?,33-,34?,37?,38?/m0/s1. The van der Waals surface area contributed by atoms with Crippen molar-refractivity contribution in [3.8, 4) is 0 Å². The average molecular weight is 795 g/mol. The molecule has 318 valence electrons. The molecule has 4 heterocycles. The van der Waals surface area contributed by atoms with Gasteiger partial charge in [0.05, 0.1) is 0 Å². The van der Waals surface area contributed by atoms with Crippen LogP contribution >= 0.6 is 0 Å². The molecule has 3 aliphatic rings. The number of carbonyl (C=O) groups excluding carboxylic acids is 2. The second kappa shape index (κ2) is 22.8. The summed E-state index contributed by atoms with van der Waals surface area (Å²) in [6.07, 6.45) is 7.61. The predicted molar refractivity (Wildman–Crippen MR) is 207 cm³/mol. The van der Waals surface area contributed by atoms with Crippen molar-refractivity contribution < 1.29 is 44.2 Å². The largest absolute Gasteiger partial charge is 0.387 e. The predicted octanol–water partition coefficient (Wildman–Crippen LogP) is 0.590. The highest BCUT2D eigenvalue weighted by Crippen LogP contribution is 2.36. The first-order chi connectivity index (χ1) is 26.9. The molecular weight excluding hydrogens is 728 g/mol. The molecule has 0 bridgehead atoms. The molecule has 56 heavy (non-hydrogen) atoms. The van der Waals surface area contributed by atoms with Gasteiger partial charge in [0.15, 0.2) is 12.5 Å². The summed E-state index contributed by atoms with van der Waals surface area (Å²) in [7, 11) is 3.02. The number of amides is 2. The Bertz CT molecular complexity index is 1520. The first-order valence-corrected chi connectivity index (χ1v) is 20.6. The number of nitrogens with two attached hydrogens (primary N) is 1. The van der Waals surface area contributed by atoms with Gasteiger partial charge in [-0.3, -0.25) is 28.8 Å². The number of aliphatic hydroxyl groups excluding tert-OH is 4. The van der Waals surface area contributed by atoms with E-state index in [4.69, 9.17) is 19.9 Å². The maximum atomic E-state index is 14.3. The molecule has 2 fully saturated rings. The Morgan fingerprint density at radius 1 is 0.875 bits per heavy atom. The van der Waals surface area contributed by atoms with E-state index >= 15 is 0 Å². The molecule has 4 rings (SSSR count). The van der Waals surface area contributed by atoms with Crippen LogP contribution in [0.3, 0.4) is 0 Å². The van der Waals surface area contributed by atoms with E-state index in [2.05, 4.69) is 17.2 Å². The SMILES string of the molecule is CCCCCCCCCCCCCCCCCNC(=O)C1=CCN(C)[C@@H]([C@H](OC2OC(CN)C(O)C2O)C2OC(n3ccc(=O)[nH]c3=O)C(O)C2O)C(=O)N1C. The number of hydrogen-bond acceptors (Lipinski definition) is 13. The Morgan fingerprint density at radius 2 is 1.46 bits per heavy atom. The number of rotatable bonds is 23. The first-order valence-electron chi connectivity index (χ1n) is 20.6. The normalized spacial score (nSPS) is 29.1. The Labute approximate surface area is 329 Å². The zero-order valence-electron chi connectivity index (χ0n) is 33.3. The molecule has 8 unspecified atom stereocenters. The Balaban J connectivity index is 1.33. The fourth-order valence-electron chi connectivity index (χ4n) is 7.73. The Hall–Kier alpha value is -3.00. The van der Waals surface area contributed by atoms with Gasteiger partial charge in [-0.25, -0.2) is 4.79 Å². The third-order valence-electron chi connectivity index (χ3n) is 11.2. The van der Waals surface area contributed by atoms with Crippen LogP contribution in [0, 0.1) is 0 Å². The molecule has 2 saturated heterocycles. The minimum Gasteiger partial charge on any atom is -0.387 e.